The summed E-state index contributed by atoms with van der Waals surface area (Å²) in [6.45, 7) is 4.74. The predicted octanol–water partition coefficient (Wildman–Crippen LogP) is 2.48. The molecule has 1 fully saturated rings. The van der Waals surface area contributed by atoms with E-state index in [1.54, 1.807) is 4.88 Å². The van der Waals surface area contributed by atoms with Crippen LogP contribution < -0.4 is 0 Å². The number of aryl methyl sites for hydroxylation is 1. The first-order chi connectivity index (χ1) is 5.77. The maximum Gasteiger partial charge on any atom is 0.0119 e. The van der Waals surface area contributed by atoms with Gasteiger partial charge in [0.25, 0.3) is 0 Å². The van der Waals surface area contributed by atoms with E-state index in [1.807, 2.05) is 11.3 Å². The number of hydrogen-bond acceptors (Lipinski definition) is 2. The summed E-state index contributed by atoms with van der Waals surface area (Å²) in [4.78, 5) is 4.03. The van der Waals surface area contributed by atoms with Gasteiger partial charge in [0.05, 0.1) is 0 Å². The Morgan fingerprint density at radius 1 is 1.58 bits per heavy atom. The highest BCUT2D eigenvalue weighted by Crippen LogP contribution is 2.32. The fourth-order valence-electron chi connectivity index (χ4n) is 1.95. The Morgan fingerprint density at radius 2 is 2.42 bits per heavy atom. The molecule has 2 heterocycles. The third kappa shape index (κ3) is 1.41. The molecule has 0 aliphatic carbocycles. The number of nitrogens with zero attached hydrogens (tertiary/aromatic N) is 1. The fourth-order valence-corrected chi connectivity index (χ4v) is 3.01. The number of hydrogen-bond donors (Lipinski definition) is 0. The first-order valence-corrected chi connectivity index (χ1v) is 5.38. The topological polar surface area (TPSA) is 3.24 Å². The van der Waals surface area contributed by atoms with Crippen molar-refractivity contribution in [3.05, 3.63) is 21.9 Å². The molecule has 0 bridgehead atoms. The number of likely N-dealkylation sites (N-methyl/N-ethyl adjacent to an activating group) is 1. The lowest BCUT2D eigenvalue weighted by molar-refractivity contribution is 0.412. The molecule has 0 unspecified atom stereocenters. The van der Waals surface area contributed by atoms with Crippen LogP contribution in [0.25, 0.3) is 0 Å². The Hall–Kier alpha value is -0.340. The monoisotopic (exact) mass is 181 g/mol. The van der Waals surface area contributed by atoms with Gasteiger partial charge in [-0.1, -0.05) is 0 Å². The zero-order valence-electron chi connectivity index (χ0n) is 7.71. The average molecular weight is 181 g/mol. The first-order valence-electron chi connectivity index (χ1n) is 4.50. The second-order valence-corrected chi connectivity index (χ2v) is 4.66. The molecular weight excluding hydrogens is 166 g/mol. The van der Waals surface area contributed by atoms with Crippen molar-refractivity contribution in [1.29, 1.82) is 0 Å². The third-order valence-corrected chi connectivity index (χ3v) is 3.85. The largest absolute Gasteiger partial charge is 0.306 e. The molecule has 66 valence electrons. The molecule has 0 radical (unpaired) electrons. The van der Waals surface area contributed by atoms with Gasteiger partial charge in [-0.2, -0.15) is 0 Å². The maximum atomic E-state index is 2.42. The van der Waals surface area contributed by atoms with Gasteiger partial charge in [0.15, 0.2) is 0 Å². The van der Waals surface area contributed by atoms with Crippen LogP contribution in [0.3, 0.4) is 0 Å². The molecule has 1 aliphatic heterocycles. The van der Waals surface area contributed by atoms with Crippen LogP contribution in [-0.4, -0.2) is 25.0 Å². The van der Waals surface area contributed by atoms with Crippen LogP contribution in [-0.2, 0) is 0 Å². The Morgan fingerprint density at radius 3 is 2.92 bits per heavy atom. The lowest BCUT2D eigenvalue weighted by Gasteiger charge is -2.09. The molecule has 0 N–H and O–H groups in total. The summed E-state index contributed by atoms with van der Waals surface area (Å²) in [5.41, 5.74) is 1.49. The molecule has 0 aromatic carbocycles. The molecule has 1 nitrogen and oxygen atoms in total. The highest BCUT2D eigenvalue weighted by molar-refractivity contribution is 7.10. The van der Waals surface area contributed by atoms with Crippen LogP contribution in [0.15, 0.2) is 11.4 Å². The van der Waals surface area contributed by atoms with Crippen molar-refractivity contribution in [2.75, 3.05) is 20.1 Å². The van der Waals surface area contributed by atoms with Crippen molar-refractivity contribution in [1.82, 2.24) is 4.90 Å². The highest BCUT2D eigenvalue weighted by Gasteiger charge is 2.22. The van der Waals surface area contributed by atoms with Gasteiger partial charge in [-0.05, 0) is 43.9 Å². The third-order valence-electron chi connectivity index (χ3n) is 2.66. The van der Waals surface area contributed by atoms with Crippen molar-refractivity contribution in [3.8, 4) is 0 Å². The molecule has 0 spiro atoms. The molecule has 1 atom stereocenters. The fraction of sp³-hybridized carbons (Fsp3) is 0.600. The van der Waals surface area contributed by atoms with Crippen molar-refractivity contribution in [2.45, 2.75) is 19.3 Å². The van der Waals surface area contributed by atoms with E-state index < -0.39 is 0 Å². The van der Waals surface area contributed by atoms with Gasteiger partial charge >= 0.3 is 0 Å². The van der Waals surface area contributed by atoms with Crippen molar-refractivity contribution < 1.29 is 0 Å². The SMILES string of the molecule is Cc1ccsc1[C@@H]1CCN(C)C1. The van der Waals surface area contributed by atoms with Crippen molar-refractivity contribution >= 4 is 11.3 Å². The second kappa shape index (κ2) is 3.19. The molecule has 1 saturated heterocycles. The van der Waals surface area contributed by atoms with E-state index in [-0.39, 0.29) is 0 Å². The van der Waals surface area contributed by atoms with E-state index in [0.29, 0.717) is 0 Å². The molecule has 1 aliphatic rings. The van der Waals surface area contributed by atoms with Gasteiger partial charge < -0.3 is 4.90 Å². The standard InChI is InChI=1S/C10H15NS/c1-8-4-6-12-10(8)9-3-5-11(2)7-9/h4,6,9H,3,5,7H2,1-2H3/t9-/m1/s1. The number of thiophene rings is 1. The summed E-state index contributed by atoms with van der Waals surface area (Å²) in [6.07, 6.45) is 1.35. The molecule has 0 saturated carbocycles. The van der Waals surface area contributed by atoms with E-state index in [2.05, 4.69) is 30.3 Å². The quantitative estimate of drug-likeness (QED) is 0.643. The summed E-state index contributed by atoms with van der Waals surface area (Å²) in [5.74, 6) is 0.815. The van der Waals surface area contributed by atoms with Crippen molar-refractivity contribution in [2.24, 2.45) is 0 Å². The summed E-state index contributed by atoms with van der Waals surface area (Å²) in [6, 6.07) is 2.23. The van der Waals surface area contributed by atoms with Crippen LogP contribution in [0.2, 0.25) is 0 Å². The van der Waals surface area contributed by atoms with Crippen LogP contribution in [0, 0.1) is 6.92 Å². The van der Waals surface area contributed by atoms with Crippen LogP contribution in [0.5, 0.6) is 0 Å². The summed E-state index contributed by atoms with van der Waals surface area (Å²) >= 11 is 1.92. The van der Waals surface area contributed by atoms with Crippen LogP contribution in [0.4, 0.5) is 0 Å². The Bertz CT molecular complexity index is 267. The molecular formula is C10H15NS. The normalized spacial score (nSPS) is 25.0. The predicted molar refractivity (Wildman–Crippen MR) is 53.9 cm³/mol. The van der Waals surface area contributed by atoms with E-state index in [4.69, 9.17) is 0 Å². The Kier molecular flexibility index (Phi) is 2.20. The van der Waals surface area contributed by atoms with E-state index >= 15 is 0 Å². The van der Waals surface area contributed by atoms with Gasteiger partial charge in [0.1, 0.15) is 0 Å². The highest BCUT2D eigenvalue weighted by atomic mass is 32.1. The van der Waals surface area contributed by atoms with Crippen molar-refractivity contribution in [3.63, 3.8) is 0 Å². The van der Waals surface area contributed by atoms with E-state index in [9.17, 15) is 0 Å². The zero-order valence-corrected chi connectivity index (χ0v) is 8.53. The molecule has 2 rings (SSSR count). The molecule has 1 aromatic rings. The minimum atomic E-state index is 0.815. The second-order valence-electron chi connectivity index (χ2n) is 3.72. The zero-order chi connectivity index (χ0) is 8.55. The van der Waals surface area contributed by atoms with E-state index in [0.717, 1.165) is 5.92 Å². The van der Waals surface area contributed by atoms with Crippen LogP contribution in [0.1, 0.15) is 22.8 Å². The maximum absolute atomic E-state index is 2.42. The smallest absolute Gasteiger partial charge is 0.0119 e. The molecule has 0 amide bonds. The minimum absolute atomic E-state index is 0.815. The Labute approximate surface area is 78.0 Å². The average Bonchev–Trinajstić information content (AvgIpc) is 2.58. The van der Waals surface area contributed by atoms with Gasteiger partial charge in [0, 0.05) is 17.3 Å². The minimum Gasteiger partial charge on any atom is -0.306 e. The number of rotatable bonds is 1. The van der Waals surface area contributed by atoms with Gasteiger partial charge in [-0.25, -0.2) is 0 Å². The summed E-state index contributed by atoms with van der Waals surface area (Å²) in [5, 5.41) is 2.21. The Balaban J connectivity index is 2.16. The summed E-state index contributed by atoms with van der Waals surface area (Å²) in [7, 11) is 2.21. The molecule has 2 heteroatoms. The van der Waals surface area contributed by atoms with E-state index in [1.165, 1.54) is 25.1 Å². The molecule has 1 aromatic heterocycles. The van der Waals surface area contributed by atoms with Gasteiger partial charge in [-0.3, -0.25) is 0 Å². The summed E-state index contributed by atoms with van der Waals surface area (Å²) < 4.78 is 0. The molecule has 12 heavy (non-hydrogen) atoms. The first kappa shape index (κ1) is 8.27. The lowest BCUT2D eigenvalue weighted by Crippen LogP contribution is -2.13. The van der Waals surface area contributed by atoms with Gasteiger partial charge in [0.2, 0.25) is 0 Å². The van der Waals surface area contributed by atoms with Gasteiger partial charge in [-0.15, -0.1) is 11.3 Å². The lowest BCUT2D eigenvalue weighted by atomic mass is 10.0. The van der Waals surface area contributed by atoms with Crippen LogP contribution >= 0.6 is 11.3 Å². The number of likely N-dealkylation sites (tertiary alicyclic amines) is 1.